The highest BCUT2D eigenvalue weighted by molar-refractivity contribution is 5.26. The van der Waals surface area contributed by atoms with Gasteiger partial charge in [0.1, 0.15) is 5.82 Å². The van der Waals surface area contributed by atoms with Gasteiger partial charge in [0.2, 0.25) is 0 Å². The lowest BCUT2D eigenvalue weighted by Crippen LogP contribution is -2.42. The van der Waals surface area contributed by atoms with Crippen LogP contribution in [0.1, 0.15) is 17.2 Å². The molecule has 2 rings (SSSR count). The summed E-state index contributed by atoms with van der Waals surface area (Å²) in [4.78, 5) is 0. The second kappa shape index (κ2) is 4.07. The van der Waals surface area contributed by atoms with E-state index in [4.69, 9.17) is 0 Å². The zero-order chi connectivity index (χ0) is 9.97. The molecule has 0 unspecified atom stereocenters. The first kappa shape index (κ1) is 9.62. The molecule has 0 aliphatic carbocycles. The summed E-state index contributed by atoms with van der Waals surface area (Å²) < 4.78 is 13.6. The van der Waals surface area contributed by atoms with Crippen LogP contribution in [0, 0.1) is 12.7 Å². The Kier molecular flexibility index (Phi) is 2.79. The molecule has 1 saturated heterocycles. The van der Waals surface area contributed by atoms with E-state index in [9.17, 15) is 4.39 Å². The maximum Gasteiger partial charge on any atom is 0.128 e. The van der Waals surface area contributed by atoms with Crippen LogP contribution in [-0.4, -0.2) is 19.6 Å². The fourth-order valence-corrected chi connectivity index (χ4v) is 1.79. The van der Waals surface area contributed by atoms with Crippen LogP contribution in [0.3, 0.4) is 0 Å². The number of piperazine rings is 1. The van der Waals surface area contributed by atoms with Gasteiger partial charge in [0.25, 0.3) is 0 Å². The molecule has 0 radical (unpaired) electrons. The van der Waals surface area contributed by atoms with E-state index in [1.165, 1.54) is 0 Å². The first-order valence-corrected chi connectivity index (χ1v) is 4.97. The molecule has 2 N–H and O–H groups in total. The van der Waals surface area contributed by atoms with Crippen LogP contribution in [0.2, 0.25) is 0 Å². The van der Waals surface area contributed by atoms with E-state index in [2.05, 4.69) is 10.6 Å². The summed E-state index contributed by atoms with van der Waals surface area (Å²) in [6, 6.07) is 5.53. The average molecular weight is 194 g/mol. The summed E-state index contributed by atoms with van der Waals surface area (Å²) in [5.74, 6) is -0.105. The minimum Gasteiger partial charge on any atom is -0.314 e. The molecular formula is C11H15FN2. The van der Waals surface area contributed by atoms with Crippen molar-refractivity contribution in [2.24, 2.45) is 0 Å². The van der Waals surface area contributed by atoms with Gasteiger partial charge in [-0.05, 0) is 18.6 Å². The predicted molar refractivity (Wildman–Crippen MR) is 54.8 cm³/mol. The number of hydrogen-bond donors (Lipinski definition) is 2. The third kappa shape index (κ3) is 1.94. The topological polar surface area (TPSA) is 24.1 Å². The Hall–Kier alpha value is -0.930. The predicted octanol–water partition coefficient (Wildman–Crippen LogP) is 1.37. The lowest BCUT2D eigenvalue weighted by atomic mass is 10.0. The van der Waals surface area contributed by atoms with Crippen LogP contribution in [0.15, 0.2) is 18.2 Å². The minimum atomic E-state index is -0.105. The van der Waals surface area contributed by atoms with Gasteiger partial charge in [0, 0.05) is 31.2 Å². The van der Waals surface area contributed by atoms with Crippen LogP contribution in [0.5, 0.6) is 0 Å². The number of benzene rings is 1. The first-order chi connectivity index (χ1) is 6.77. The van der Waals surface area contributed by atoms with Crippen molar-refractivity contribution >= 4 is 0 Å². The van der Waals surface area contributed by atoms with Crippen LogP contribution in [-0.2, 0) is 0 Å². The van der Waals surface area contributed by atoms with Gasteiger partial charge >= 0.3 is 0 Å². The van der Waals surface area contributed by atoms with E-state index < -0.39 is 0 Å². The molecule has 1 aromatic rings. The van der Waals surface area contributed by atoms with Gasteiger partial charge in [-0.1, -0.05) is 12.1 Å². The van der Waals surface area contributed by atoms with E-state index in [1.807, 2.05) is 19.1 Å². The molecule has 1 heterocycles. The van der Waals surface area contributed by atoms with Gasteiger partial charge in [0.05, 0.1) is 0 Å². The van der Waals surface area contributed by atoms with Gasteiger partial charge in [-0.2, -0.15) is 0 Å². The van der Waals surface area contributed by atoms with Crippen molar-refractivity contribution in [3.8, 4) is 0 Å². The molecule has 0 aromatic heterocycles. The van der Waals surface area contributed by atoms with Crippen LogP contribution < -0.4 is 10.6 Å². The van der Waals surface area contributed by atoms with Gasteiger partial charge in [-0.3, -0.25) is 0 Å². The standard InChI is InChI=1S/C11H15FN2/c1-8-2-3-9(10(12)6-8)11-7-13-4-5-14-11/h2-3,6,11,13-14H,4-5,7H2,1H3/t11-/m0/s1. The monoisotopic (exact) mass is 194 g/mol. The van der Waals surface area contributed by atoms with E-state index in [0.29, 0.717) is 0 Å². The molecule has 1 fully saturated rings. The lowest BCUT2D eigenvalue weighted by molar-refractivity contribution is 0.416. The maximum absolute atomic E-state index is 13.6. The van der Waals surface area contributed by atoms with E-state index in [0.717, 1.165) is 30.8 Å². The van der Waals surface area contributed by atoms with Crippen molar-refractivity contribution in [3.05, 3.63) is 35.1 Å². The normalized spacial score (nSPS) is 22.3. The Labute approximate surface area is 83.5 Å². The third-order valence-electron chi connectivity index (χ3n) is 2.57. The van der Waals surface area contributed by atoms with Crippen molar-refractivity contribution in [2.75, 3.05) is 19.6 Å². The SMILES string of the molecule is Cc1ccc([C@@H]2CNCCN2)c(F)c1. The van der Waals surface area contributed by atoms with Gasteiger partial charge in [-0.25, -0.2) is 4.39 Å². The third-order valence-corrected chi connectivity index (χ3v) is 2.57. The second-order valence-electron chi connectivity index (χ2n) is 3.74. The van der Waals surface area contributed by atoms with Crippen molar-refractivity contribution in [3.63, 3.8) is 0 Å². The maximum atomic E-state index is 13.6. The van der Waals surface area contributed by atoms with Gasteiger partial charge in [0.15, 0.2) is 0 Å². The molecular weight excluding hydrogens is 179 g/mol. The van der Waals surface area contributed by atoms with Crippen LogP contribution in [0.25, 0.3) is 0 Å². The van der Waals surface area contributed by atoms with Crippen molar-refractivity contribution < 1.29 is 4.39 Å². The summed E-state index contributed by atoms with van der Waals surface area (Å²) in [5.41, 5.74) is 1.73. The smallest absolute Gasteiger partial charge is 0.128 e. The lowest BCUT2D eigenvalue weighted by Gasteiger charge is -2.25. The summed E-state index contributed by atoms with van der Waals surface area (Å²) in [6.45, 7) is 4.57. The molecule has 76 valence electrons. The number of hydrogen-bond acceptors (Lipinski definition) is 2. The van der Waals surface area contributed by atoms with E-state index in [-0.39, 0.29) is 11.9 Å². The van der Waals surface area contributed by atoms with Crippen molar-refractivity contribution in [2.45, 2.75) is 13.0 Å². The Balaban J connectivity index is 2.22. The highest BCUT2D eigenvalue weighted by Gasteiger charge is 2.17. The first-order valence-electron chi connectivity index (χ1n) is 4.97. The van der Waals surface area contributed by atoms with E-state index >= 15 is 0 Å². The Bertz CT molecular complexity index is 319. The number of aryl methyl sites for hydroxylation is 1. The second-order valence-corrected chi connectivity index (χ2v) is 3.74. The Morgan fingerprint density at radius 1 is 1.36 bits per heavy atom. The van der Waals surface area contributed by atoms with Crippen molar-refractivity contribution in [1.82, 2.24) is 10.6 Å². The summed E-state index contributed by atoms with van der Waals surface area (Å²) >= 11 is 0. The van der Waals surface area contributed by atoms with Crippen LogP contribution in [0.4, 0.5) is 4.39 Å². The summed E-state index contributed by atoms with van der Waals surface area (Å²) in [7, 11) is 0. The molecule has 2 nitrogen and oxygen atoms in total. The molecule has 1 aromatic carbocycles. The molecule has 0 bridgehead atoms. The Morgan fingerprint density at radius 2 is 2.21 bits per heavy atom. The number of nitrogens with one attached hydrogen (secondary N) is 2. The molecule has 1 aliphatic rings. The van der Waals surface area contributed by atoms with Gasteiger partial charge < -0.3 is 10.6 Å². The quantitative estimate of drug-likeness (QED) is 0.705. The molecule has 0 spiro atoms. The fourth-order valence-electron chi connectivity index (χ4n) is 1.79. The number of rotatable bonds is 1. The number of halogens is 1. The largest absolute Gasteiger partial charge is 0.314 e. The molecule has 0 saturated carbocycles. The van der Waals surface area contributed by atoms with E-state index in [1.54, 1.807) is 6.07 Å². The van der Waals surface area contributed by atoms with Gasteiger partial charge in [-0.15, -0.1) is 0 Å². The Morgan fingerprint density at radius 3 is 2.86 bits per heavy atom. The molecule has 14 heavy (non-hydrogen) atoms. The minimum absolute atomic E-state index is 0.105. The zero-order valence-electron chi connectivity index (χ0n) is 8.31. The molecule has 0 amide bonds. The highest BCUT2D eigenvalue weighted by Crippen LogP contribution is 2.18. The summed E-state index contributed by atoms with van der Waals surface area (Å²) in [5, 5.41) is 6.54. The molecule has 1 aliphatic heterocycles. The highest BCUT2D eigenvalue weighted by atomic mass is 19.1. The fraction of sp³-hybridized carbons (Fsp3) is 0.455. The zero-order valence-corrected chi connectivity index (χ0v) is 8.31. The average Bonchev–Trinajstić information content (AvgIpc) is 2.19. The summed E-state index contributed by atoms with van der Waals surface area (Å²) in [6.07, 6.45) is 0. The van der Waals surface area contributed by atoms with Crippen molar-refractivity contribution in [1.29, 1.82) is 0 Å². The molecule has 1 atom stereocenters. The molecule has 3 heteroatoms. The van der Waals surface area contributed by atoms with Crippen LogP contribution >= 0.6 is 0 Å².